The normalized spacial score (nSPS) is 10.9. The van der Waals surface area contributed by atoms with Gasteiger partial charge in [0.05, 0.1) is 30.7 Å². The minimum Gasteiger partial charge on any atom is -0.489 e. The van der Waals surface area contributed by atoms with Crippen molar-refractivity contribution in [1.82, 2.24) is 0 Å². The molecule has 120 valence electrons. The summed E-state index contributed by atoms with van der Waals surface area (Å²) in [7, 11) is 1.68. The lowest BCUT2D eigenvalue weighted by Crippen LogP contribution is -2.10. The van der Waals surface area contributed by atoms with Gasteiger partial charge in [0.1, 0.15) is 5.75 Å². The van der Waals surface area contributed by atoms with Crippen molar-refractivity contribution in [3.63, 3.8) is 0 Å². The highest BCUT2D eigenvalue weighted by atomic mass is 16.5. The fraction of sp³-hybridized carbons (Fsp3) is 0.625. The van der Waals surface area contributed by atoms with Crippen molar-refractivity contribution in [2.45, 2.75) is 32.8 Å². The van der Waals surface area contributed by atoms with Gasteiger partial charge in [-0.3, -0.25) is 0 Å². The molecule has 1 aromatic rings. The summed E-state index contributed by atoms with van der Waals surface area (Å²) in [4.78, 5) is 0. The summed E-state index contributed by atoms with van der Waals surface area (Å²) in [6.45, 7) is 6.91. The molecule has 5 nitrogen and oxygen atoms in total. The molecule has 0 bridgehead atoms. The quantitative estimate of drug-likeness (QED) is 0.485. The standard InChI is InChI=1S/C16H28N2O3/c1-13(2)21-15-8-6-7-14(16(15)17)18-9-4-5-10-20-12-11-19-3/h6-8,13,18H,4-5,9-12,17H2,1-3H3. The van der Waals surface area contributed by atoms with Crippen molar-refractivity contribution in [3.05, 3.63) is 18.2 Å². The largest absolute Gasteiger partial charge is 0.489 e. The van der Waals surface area contributed by atoms with Gasteiger partial charge in [-0.05, 0) is 38.8 Å². The van der Waals surface area contributed by atoms with Crippen LogP contribution in [0.2, 0.25) is 0 Å². The third-order valence-electron chi connectivity index (χ3n) is 2.89. The molecular weight excluding hydrogens is 268 g/mol. The van der Waals surface area contributed by atoms with Crippen molar-refractivity contribution < 1.29 is 14.2 Å². The highest BCUT2D eigenvalue weighted by molar-refractivity contribution is 5.72. The van der Waals surface area contributed by atoms with Crippen LogP contribution in [-0.2, 0) is 9.47 Å². The van der Waals surface area contributed by atoms with Gasteiger partial charge in [0, 0.05) is 20.3 Å². The third-order valence-corrected chi connectivity index (χ3v) is 2.89. The predicted molar refractivity (Wildman–Crippen MR) is 87.0 cm³/mol. The Bertz CT molecular complexity index is 397. The number of rotatable bonds is 11. The molecular formula is C16H28N2O3. The van der Waals surface area contributed by atoms with Crippen molar-refractivity contribution in [2.75, 3.05) is 44.5 Å². The van der Waals surface area contributed by atoms with Crippen LogP contribution in [0.15, 0.2) is 18.2 Å². The first-order valence-corrected chi connectivity index (χ1v) is 7.51. The fourth-order valence-corrected chi connectivity index (χ4v) is 1.85. The molecule has 0 amide bonds. The maximum absolute atomic E-state index is 6.10. The number of ether oxygens (including phenoxy) is 3. The van der Waals surface area contributed by atoms with Gasteiger partial charge in [-0.2, -0.15) is 0 Å². The number of nitrogens with one attached hydrogen (secondary N) is 1. The summed E-state index contributed by atoms with van der Waals surface area (Å²) in [5, 5.41) is 3.34. The van der Waals surface area contributed by atoms with E-state index in [-0.39, 0.29) is 6.10 Å². The van der Waals surface area contributed by atoms with Crippen LogP contribution in [0, 0.1) is 0 Å². The van der Waals surface area contributed by atoms with Crippen LogP contribution in [0.25, 0.3) is 0 Å². The zero-order chi connectivity index (χ0) is 15.5. The Labute approximate surface area is 127 Å². The van der Waals surface area contributed by atoms with E-state index in [1.165, 1.54) is 0 Å². The lowest BCUT2D eigenvalue weighted by atomic mass is 10.2. The summed E-state index contributed by atoms with van der Waals surface area (Å²) in [6.07, 6.45) is 2.16. The monoisotopic (exact) mass is 296 g/mol. The average Bonchev–Trinajstić information content (AvgIpc) is 2.45. The molecule has 3 N–H and O–H groups in total. The lowest BCUT2D eigenvalue weighted by Gasteiger charge is -2.15. The molecule has 0 aliphatic carbocycles. The molecule has 0 spiro atoms. The van der Waals surface area contributed by atoms with Crippen LogP contribution in [0.5, 0.6) is 5.75 Å². The molecule has 0 aliphatic heterocycles. The molecule has 1 aromatic carbocycles. The van der Waals surface area contributed by atoms with Gasteiger partial charge in [0.15, 0.2) is 0 Å². The molecule has 0 heterocycles. The number of nitrogen functional groups attached to an aromatic ring is 1. The van der Waals surface area contributed by atoms with Gasteiger partial charge < -0.3 is 25.3 Å². The highest BCUT2D eigenvalue weighted by Crippen LogP contribution is 2.30. The summed E-state index contributed by atoms with van der Waals surface area (Å²) in [6, 6.07) is 5.81. The molecule has 5 heteroatoms. The molecule has 0 unspecified atom stereocenters. The SMILES string of the molecule is COCCOCCCCNc1cccc(OC(C)C)c1N. The van der Waals surface area contributed by atoms with Crippen molar-refractivity contribution >= 4 is 11.4 Å². The first kappa shape index (κ1) is 17.6. The van der Waals surface area contributed by atoms with Gasteiger partial charge in [0.25, 0.3) is 0 Å². The highest BCUT2D eigenvalue weighted by Gasteiger charge is 2.06. The van der Waals surface area contributed by atoms with E-state index >= 15 is 0 Å². The maximum Gasteiger partial charge on any atom is 0.144 e. The number of hydrogen-bond donors (Lipinski definition) is 2. The van der Waals surface area contributed by atoms with E-state index < -0.39 is 0 Å². The minimum atomic E-state index is 0.117. The molecule has 0 aliphatic rings. The van der Waals surface area contributed by atoms with E-state index in [0.717, 1.165) is 37.4 Å². The third kappa shape index (κ3) is 7.20. The topological polar surface area (TPSA) is 65.7 Å². The predicted octanol–water partition coefficient (Wildman–Crippen LogP) is 2.91. The number of unbranched alkanes of at least 4 members (excludes halogenated alkanes) is 1. The first-order valence-electron chi connectivity index (χ1n) is 7.51. The zero-order valence-electron chi connectivity index (χ0n) is 13.4. The molecule has 0 atom stereocenters. The van der Waals surface area contributed by atoms with Crippen molar-refractivity contribution in [3.8, 4) is 5.75 Å². The Morgan fingerprint density at radius 2 is 1.95 bits per heavy atom. The molecule has 1 rings (SSSR count). The van der Waals surface area contributed by atoms with Crippen LogP contribution in [-0.4, -0.2) is 39.6 Å². The summed E-state index contributed by atoms with van der Waals surface area (Å²) < 4.78 is 16.0. The minimum absolute atomic E-state index is 0.117. The summed E-state index contributed by atoms with van der Waals surface area (Å²) in [5.41, 5.74) is 7.69. The number of hydrogen-bond acceptors (Lipinski definition) is 5. The van der Waals surface area contributed by atoms with Gasteiger partial charge in [-0.25, -0.2) is 0 Å². The number of para-hydroxylation sites is 1. The van der Waals surface area contributed by atoms with Crippen LogP contribution in [0.3, 0.4) is 0 Å². The second kappa shape index (κ2) is 10.3. The van der Waals surface area contributed by atoms with Crippen molar-refractivity contribution in [1.29, 1.82) is 0 Å². The van der Waals surface area contributed by atoms with Gasteiger partial charge in [0.2, 0.25) is 0 Å². The Kier molecular flexibility index (Phi) is 8.62. The number of benzene rings is 1. The second-order valence-electron chi connectivity index (χ2n) is 5.12. The lowest BCUT2D eigenvalue weighted by molar-refractivity contribution is 0.0691. The molecule has 0 saturated carbocycles. The van der Waals surface area contributed by atoms with Gasteiger partial charge >= 0.3 is 0 Å². The van der Waals surface area contributed by atoms with E-state index in [2.05, 4.69) is 5.32 Å². The number of nitrogens with two attached hydrogens (primary N) is 1. The van der Waals surface area contributed by atoms with E-state index in [4.69, 9.17) is 19.9 Å². The molecule has 0 aromatic heterocycles. The van der Waals surface area contributed by atoms with Gasteiger partial charge in [-0.1, -0.05) is 6.07 Å². The maximum atomic E-state index is 6.10. The molecule has 0 saturated heterocycles. The Morgan fingerprint density at radius 3 is 2.67 bits per heavy atom. The molecule has 21 heavy (non-hydrogen) atoms. The number of methoxy groups -OCH3 is 1. The summed E-state index contributed by atoms with van der Waals surface area (Å²) in [5.74, 6) is 0.734. The first-order chi connectivity index (χ1) is 10.1. The van der Waals surface area contributed by atoms with Crippen LogP contribution < -0.4 is 15.8 Å². The summed E-state index contributed by atoms with van der Waals surface area (Å²) >= 11 is 0. The average molecular weight is 296 g/mol. The smallest absolute Gasteiger partial charge is 0.144 e. The van der Waals surface area contributed by atoms with E-state index in [9.17, 15) is 0 Å². The fourth-order valence-electron chi connectivity index (χ4n) is 1.85. The van der Waals surface area contributed by atoms with Crippen molar-refractivity contribution in [2.24, 2.45) is 0 Å². The Balaban J connectivity index is 2.26. The van der Waals surface area contributed by atoms with E-state index in [1.54, 1.807) is 7.11 Å². The van der Waals surface area contributed by atoms with Crippen LogP contribution in [0.4, 0.5) is 11.4 Å². The Hall–Kier alpha value is -1.46. The molecule has 0 radical (unpaired) electrons. The van der Waals surface area contributed by atoms with E-state index in [0.29, 0.717) is 18.9 Å². The second-order valence-corrected chi connectivity index (χ2v) is 5.12. The molecule has 0 fully saturated rings. The zero-order valence-corrected chi connectivity index (χ0v) is 13.4. The van der Waals surface area contributed by atoms with Gasteiger partial charge in [-0.15, -0.1) is 0 Å². The number of anilines is 2. The van der Waals surface area contributed by atoms with Crippen LogP contribution >= 0.6 is 0 Å². The van der Waals surface area contributed by atoms with Crippen LogP contribution in [0.1, 0.15) is 26.7 Å². The van der Waals surface area contributed by atoms with E-state index in [1.807, 2.05) is 32.0 Å². The Morgan fingerprint density at radius 1 is 1.14 bits per heavy atom.